The Morgan fingerprint density at radius 1 is 1.03 bits per heavy atom. The number of rotatable bonds is 4. The summed E-state index contributed by atoms with van der Waals surface area (Å²) >= 11 is 1.90. The number of thioether (sulfide) groups is 1. The Bertz CT molecular complexity index is 1130. The van der Waals surface area contributed by atoms with Gasteiger partial charge in [0.2, 0.25) is 0 Å². The van der Waals surface area contributed by atoms with E-state index in [9.17, 15) is 0 Å². The number of nitrogens with zero attached hydrogens (tertiary/aromatic N) is 4. The fourth-order valence-corrected chi connectivity index (χ4v) is 6.61. The van der Waals surface area contributed by atoms with Crippen LogP contribution in [0.1, 0.15) is 59.2 Å². The molecule has 2 aliphatic heterocycles. The molecular formula is C26H30N4S. The van der Waals surface area contributed by atoms with Gasteiger partial charge in [0, 0.05) is 29.4 Å². The SMILES string of the molecule is CC[C@@H]1CSC2=N[C@@H](c3ccccn3)[C@H](c3cc(C)n(-c4c(C)cccc4C)c3C)N21. The molecular weight excluding hydrogens is 400 g/mol. The lowest BCUT2D eigenvalue weighted by atomic mass is 9.95. The Hall–Kier alpha value is -2.53. The first-order chi connectivity index (χ1) is 15.0. The van der Waals surface area contributed by atoms with Gasteiger partial charge in [-0.15, -0.1) is 0 Å². The number of amidine groups is 1. The molecule has 0 unspecified atom stereocenters. The third-order valence-corrected chi connectivity index (χ3v) is 7.91. The van der Waals surface area contributed by atoms with Crippen molar-refractivity contribution in [1.82, 2.24) is 14.5 Å². The number of aliphatic imine (C=N–C) groups is 1. The molecule has 1 fully saturated rings. The second-order valence-corrected chi connectivity index (χ2v) is 9.73. The van der Waals surface area contributed by atoms with E-state index < -0.39 is 0 Å². The van der Waals surface area contributed by atoms with E-state index in [1.54, 1.807) is 0 Å². The summed E-state index contributed by atoms with van der Waals surface area (Å²) in [6.45, 7) is 11.2. The summed E-state index contributed by atoms with van der Waals surface area (Å²) in [6.07, 6.45) is 3.02. The molecule has 160 valence electrons. The number of para-hydroxylation sites is 1. The van der Waals surface area contributed by atoms with Crippen molar-refractivity contribution in [3.8, 4) is 5.69 Å². The predicted molar refractivity (Wildman–Crippen MR) is 130 cm³/mol. The van der Waals surface area contributed by atoms with Crippen molar-refractivity contribution in [3.63, 3.8) is 0 Å². The molecule has 4 heterocycles. The van der Waals surface area contributed by atoms with Gasteiger partial charge in [0.05, 0.1) is 17.4 Å². The Balaban J connectivity index is 1.67. The van der Waals surface area contributed by atoms with Gasteiger partial charge in [-0.2, -0.15) is 0 Å². The molecule has 1 saturated heterocycles. The molecule has 0 saturated carbocycles. The van der Waals surface area contributed by atoms with Gasteiger partial charge >= 0.3 is 0 Å². The quantitative estimate of drug-likeness (QED) is 0.502. The molecule has 0 aliphatic carbocycles. The van der Waals surface area contributed by atoms with E-state index in [0.29, 0.717) is 6.04 Å². The highest BCUT2D eigenvalue weighted by atomic mass is 32.2. The van der Waals surface area contributed by atoms with Gasteiger partial charge in [-0.1, -0.05) is 43.0 Å². The third kappa shape index (κ3) is 3.21. The Labute approximate surface area is 189 Å². The number of fused-ring (bicyclic) bond motifs is 1. The summed E-state index contributed by atoms with van der Waals surface area (Å²) in [5.41, 5.74) is 8.93. The fraction of sp³-hybridized carbons (Fsp3) is 0.385. The second kappa shape index (κ2) is 7.86. The van der Waals surface area contributed by atoms with E-state index >= 15 is 0 Å². The van der Waals surface area contributed by atoms with E-state index in [4.69, 9.17) is 9.98 Å². The van der Waals surface area contributed by atoms with E-state index in [1.807, 2.05) is 24.0 Å². The first-order valence-corrected chi connectivity index (χ1v) is 12.1. The van der Waals surface area contributed by atoms with Crippen LogP contribution in [-0.4, -0.2) is 31.4 Å². The van der Waals surface area contributed by atoms with Gasteiger partial charge in [0.1, 0.15) is 6.04 Å². The minimum absolute atomic E-state index is 0.0324. The molecule has 0 amide bonds. The highest BCUT2D eigenvalue weighted by Gasteiger charge is 2.46. The maximum atomic E-state index is 5.20. The summed E-state index contributed by atoms with van der Waals surface area (Å²) < 4.78 is 2.44. The summed E-state index contributed by atoms with van der Waals surface area (Å²) in [7, 11) is 0. The monoisotopic (exact) mass is 430 g/mol. The van der Waals surface area contributed by atoms with Crippen molar-refractivity contribution in [1.29, 1.82) is 0 Å². The standard InChI is InChI=1S/C26H30N4S/c1-6-20-15-31-26-28-23(22-12-7-8-13-27-22)25(30(20)26)21-14-18(4)29(19(21)5)24-16(2)10-9-11-17(24)3/h7-14,20,23,25H,6,15H2,1-5H3/t20-,23+,25+/m1/s1. The molecule has 0 bridgehead atoms. The van der Waals surface area contributed by atoms with Crippen LogP contribution >= 0.6 is 11.8 Å². The first-order valence-electron chi connectivity index (χ1n) is 11.2. The van der Waals surface area contributed by atoms with Crippen LogP contribution in [-0.2, 0) is 0 Å². The zero-order valence-corrected chi connectivity index (χ0v) is 19.8. The molecule has 31 heavy (non-hydrogen) atoms. The van der Waals surface area contributed by atoms with Gasteiger partial charge < -0.3 is 9.47 Å². The smallest absolute Gasteiger partial charge is 0.160 e. The number of pyridine rings is 1. The van der Waals surface area contributed by atoms with Crippen LogP contribution in [0.5, 0.6) is 0 Å². The molecule has 4 nitrogen and oxygen atoms in total. The first kappa shape index (κ1) is 20.4. The van der Waals surface area contributed by atoms with Crippen molar-refractivity contribution < 1.29 is 0 Å². The maximum Gasteiger partial charge on any atom is 0.160 e. The maximum absolute atomic E-state index is 5.20. The van der Waals surface area contributed by atoms with E-state index in [1.165, 1.54) is 38.9 Å². The van der Waals surface area contributed by atoms with Crippen LogP contribution in [0.15, 0.2) is 53.7 Å². The second-order valence-electron chi connectivity index (χ2n) is 8.74. The van der Waals surface area contributed by atoms with Crippen molar-refractivity contribution in [2.75, 3.05) is 5.75 Å². The molecule has 1 aromatic carbocycles. The van der Waals surface area contributed by atoms with Gasteiger partial charge in [0.25, 0.3) is 0 Å². The third-order valence-electron chi connectivity index (χ3n) is 6.78. The zero-order chi connectivity index (χ0) is 21.7. The van der Waals surface area contributed by atoms with Crippen LogP contribution in [0.4, 0.5) is 0 Å². The van der Waals surface area contributed by atoms with Gasteiger partial charge in [-0.3, -0.25) is 9.98 Å². The van der Waals surface area contributed by atoms with Crippen LogP contribution in [0, 0.1) is 27.7 Å². The van der Waals surface area contributed by atoms with Crippen LogP contribution in [0.2, 0.25) is 0 Å². The Morgan fingerprint density at radius 2 is 1.81 bits per heavy atom. The number of aryl methyl sites for hydroxylation is 3. The molecule has 0 spiro atoms. The van der Waals surface area contributed by atoms with Crippen molar-refractivity contribution in [2.24, 2.45) is 4.99 Å². The van der Waals surface area contributed by atoms with Crippen LogP contribution in [0.3, 0.4) is 0 Å². The predicted octanol–water partition coefficient (Wildman–Crippen LogP) is 6.09. The molecule has 3 atom stereocenters. The zero-order valence-electron chi connectivity index (χ0n) is 19.0. The number of hydrogen-bond donors (Lipinski definition) is 0. The Kier molecular flexibility index (Phi) is 5.17. The Morgan fingerprint density at radius 3 is 2.48 bits per heavy atom. The molecule has 5 heteroatoms. The fourth-order valence-electron chi connectivity index (χ4n) is 5.28. The van der Waals surface area contributed by atoms with Gasteiger partial charge in [-0.25, -0.2) is 0 Å². The average Bonchev–Trinajstić information content (AvgIpc) is 3.41. The minimum Gasteiger partial charge on any atom is -0.338 e. The number of benzene rings is 1. The van der Waals surface area contributed by atoms with E-state index in [0.717, 1.165) is 17.9 Å². The lowest BCUT2D eigenvalue weighted by Gasteiger charge is -2.32. The number of aromatic nitrogens is 2. The van der Waals surface area contributed by atoms with E-state index in [2.05, 4.69) is 80.5 Å². The lowest BCUT2D eigenvalue weighted by Crippen LogP contribution is -2.35. The highest BCUT2D eigenvalue weighted by molar-refractivity contribution is 8.14. The van der Waals surface area contributed by atoms with E-state index in [-0.39, 0.29) is 12.1 Å². The summed E-state index contributed by atoms with van der Waals surface area (Å²) in [4.78, 5) is 12.5. The highest BCUT2D eigenvalue weighted by Crippen LogP contribution is 2.50. The average molecular weight is 431 g/mol. The topological polar surface area (TPSA) is 33.4 Å². The molecule has 2 aromatic heterocycles. The molecule has 0 radical (unpaired) electrons. The molecule has 0 N–H and O–H groups in total. The number of hydrogen-bond acceptors (Lipinski definition) is 4. The molecule has 2 aliphatic rings. The van der Waals surface area contributed by atoms with Crippen molar-refractivity contribution in [2.45, 2.75) is 59.2 Å². The largest absolute Gasteiger partial charge is 0.338 e. The van der Waals surface area contributed by atoms with Crippen LogP contribution in [0.25, 0.3) is 5.69 Å². The molecule has 5 rings (SSSR count). The summed E-state index contributed by atoms with van der Waals surface area (Å²) in [6, 6.07) is 15.9. The summed E-state index contributed by atoms with van der Waals surface area (Å²) in [5.74, 6) is 1.12. The van der Waals surface area contributed by atoms with Crippen molar-refractivity contribution in [3.05, 3.63) is 82.4 Å². The van der Waals surface area contributed by atoms with Gasteiger partial charge in [0.15, 0.2) is 5.17 Å². The lowest BCUT2D eigenvalue weighted by molar-refractivity contribution is 0.254. The molecule has 3 aromatic rings. The normalized spacial score (nSPS) is 22.7. The van der Waals surface area contributed by atoms with Crippen LogP contribution < -0.4 is 0 Å². The summed E-state index contributed by atoms with van der Waals surface area (Å²) in [5, 5.41) is 1.18. The van der Waals surface area contributed by atoms with Crippen molar-refractivity contribution >= 4 is 16.9 Å². The van der Waals surface area contributed by atoms with Gasteiger partial charge in [-0.05, 0) is 69.0 Å². The minimum atomic E-state index is 0.0324.